The molecule has 4 aromatic rings. The second kappa shape index (κ2) is 9.02. The molecule has 6 nitrogen and oxygen atoms in total. The van der Waals surface area contributed by atoms with Gasteiger partial charge < -0.3 is 9.30 Å². The number of carbonyl (C=O) groups excluding carboxylic acids is 1. The molecule has 0 spiro atoms. The van der Waals surface area contributed by atoms with Crippen LogP contribution in [0.1, 0.15) is 42.5 Å². The van der Waals surface area contributed by atoms with Crippen molar-refractivity contribution in [3.05, 3.63) is 88.0 Å². The van der Waals surface area contributed by atoms with Gasteiger partial charge in [-0.3, -0.25) is 19.1 Å². The summed E-state index contributed by atoms with van der Waals surface area (Å²) >= 11 is 0. The van der Waals surface area contributed by atoms with Crippen LogP contribution in [0.15, 0.2) is 59.7 Å². The summed E-state index contributed by atoms with van der Waals surface area (Å²) in [6.07, 6.45) is 3.78. The number of ether oxygens (including phenoxy) is 1. The first-order valence-corrected chi connectivity index (χ1v) is 10.9. The van der Waals surface area contributed by atoms with Crippen LogP contribution in [0.3, 0.4) is 0 Å². The van der Waals surface area contributed by atoms with Crippen molar-refractivity contribution >= 4 is 16.7 Å². The molecule has 0 aliphatic heterocycles. The average Bonchev–Trinajstić information content (AvgIpc) is 3.06. The minimum absolute atomic E-state index is 0.152. The number of rotatable bonds is 7. The van der Waals surface area contributed by atoms with E-state index in [9.17, 15) is 14.0 Å². The average molecular weight is 448 g/mol. The molecule has 33 heavy (non-hydrogen) atoms. The van der Waals surface area contributed by atoms with E-state index in [2.05, 4.69) is 4.98 Å². The molecule has 0 saturated carbocycles. The van der Waals surface area contributed by atoms with Crippen molar-refractivity contribution in [1.29, 1.82) is 0 Å². The lowest BCUT2D eigenvalue weighted by Crippen LogP contribution is -2.22. The summed E-state index contributed by atoms with van der Waals surface area (Å²) in [6, 6.07) is 11.3. The molecule has 0 amide bonds. The van der Waals surface area contributed by atoms with Crippen LogP contribution in [0, 0.1) is 5.82 Å². The number of halogens is 1. The van der Waals surface area contributed by atoms with E-state index in [4.69, 9.17) is 4.74 Å². The Balaban J connectivity index is 1.98. The lowest BCUT2D eigenvalue weighted by atomic mass is 10.1. The molecular formula is C26H26FN3O3. The van der Waals surface area contributed by atoms with Crippen molar-refractivity contribution in [1.82, 2.24) is 14.1 Å². The van der Waals surface area contributed by atoms with Crippen molar-refractivity contribution in [3.8, 4) is 11.4 Å². The SMILES string of the molecule is CCc1cc2c(c(OC(C)C)c(C(=O)Cc3ccncc3)n2C)c(=O)n1-c1ccc(F)cc1. The van der Waals surface area contributed by atoms with Crippen LogP contribution in [-0.4, -0.2) is 26.0 Å². The number of aromatic nitrogens is 3. The van der Waals surface area contributed by atoms with Gasteiger partial charge in [0.05, 0.1) is 11.6 Å². The Hall–Kier alpha value is -3.74. The molecule has 0 saturated heterocycles. The third-order valence-corrected chi connectivity index (χ3v) is 5.58. The Morgan fingerprint density at radius 2 is 1.79 bits per heavy atom. The molecular weight excluding hydrogens is 421 g/mol. The quantitative estimate of drug-likeness (QED) is 0.387. The van der Waals surface area contributed by atoms with Crippen LogP contribution < -0.4 is 10.3 Å². The predicted octanol–water partition coefficient (Wildman–Crippen LogP) is 4.64. The number of aryl methyl sites for hydroxylation is 2. The van der Waals surface area contributed by atoms with Gasteiger partial charge in [-0.25, -0.2) is 4.39 Å². The van der Waals surface area contributed by atoms with Crippen LogP contribution in [-0.2, 0) is 19.9 Å². The number of Topliss-reactive ketones (excluding diaryl/α,β-unsaturated/α-hetero) is 1. The van der Waals surface area contributed by atoms with E-state index in [1.807, 2.05) is 26.8 Å². The number of nitrogens with zero attached hydrogens (tertiary/aromatic N) is 3. The molecule has 0 aliphatic carbocycles. The second-order valence-electron chi connectivity index (χ2n) is 8.23. The highest BCUT2D eigenvalue weighted by Crippen LogP contribution is 2.33. The standard InChI is InChI=1S/C26H26FN3O3/c1-5-19-15-21-23(26(32)30(19)20-8-6-18(27)7-9-20)25(33-16(2)3)24(29(21)4)22(31)14-17-10-12-28-13-11-17/h6-13,15-16H,5,14H2,1-4H3. The molecule has 7 heteroatoms. The molecule has 4 rings (SSSR count). The van der Waals surface area contributed by atoms with Crippen LogP contribution in [0.25, 0.3) is 16.6 Å². The van der Waals surface area contributed by atoms with E-state index in [0.717, 1.165) is 11.3 Å². The smallest absolute Gasteiger partial charge is 0.268 e. The Labute approximate surface area is 191 Å². The topological polar surface area (TPSA) is 66.1 Å². The van der Waals surface area contributed by atoms with Gasteiger partial charge in [0.25, 0.3) is 5.56 Å². The molecule has 3 aromatic heterocycles. The largest absolute Gasteiger partial charge is 0.488 e. The summed E-state index contributed by atoms with van der Waals surface area (Å²) in [5.41, 5.74) is 2.82. The Morgan fingerprint density at radius 1 is 1.12 bits per heavy atom. The van der Waals surface area contributed by atoms with Gasteiger partial charge in [0, 0.05) is 37.2 Å². The summed E-state index contributed by atoms with van der Waals surface area (Å²) in [6.45, 7) is 5.66. The number of pyridine rings is 2. The zero-order chi connectivity index (χ0) is 23.7. The maximum absolute atomic E-state index is 13.8. The fourth-order valence-electron chi connectivity index (χ4n) is 4.08. The highest BCUT2D eigenvalue weighted by Gasteiger charge is 2.27. The second-order valence-corrected chi connectivity index (χ2v) is 8.23. The zero-order valence-electron chi connectivity index (χ0n) is 19.1. The van der Waals surface area contributed by atoms with Gasteiger partial charge in [0.1, 0.15) is 16.9 Å². The normalized spacial score (nSPS) is 11.3. The van der Waals surface area contributed by atoms with Crippen LogP contribution in [0.4, 0.5) is 4.39 Å². The molecule has 0 bridgehead atoms. The fourth-order valence-corrected chi connectivity index (χ4v) is 4.08. The summed E-state index contributed by atoms with van der Waals surface area (Å²) < 4.78 is 22.9. The summed E-state index contributed by atoms with van der Waals surface area (Å²) in [5, 5.41) is 0.339. The zero-order valence-corrected chi connectivity index (χ0v) is 19.1. The van der Waals surface area contributed by atoms with Crippen LogP contribution in [0.2, 0.25) is 0 Å². The molecule has 0 atom stereocenters. The van der Waals surface area contributed by atoms with E-state index in [1.165, 1.54) is 12.1 Å². The summed E-state index contributed by atoms with van der Waals surface area (Å²) in [7, 11) is 1.77. The highest BCUT2D eigenvalue weighted by molar-refractivity contribution is 6.06. The Kier molecular flexibility index (Phi) is 6.14. The van der Waals surface area contributed by atoms with Crippen molar-refractivity contribution in [2.45, 2.75) is 39.7 Å². The molecule has 0 radical (unpaired) electrons. The van der Waals surface area contributed by atoms with Gasteiger partial charge >= 0.3 is 0 Å². The van der Waals surface area contributed by atoms with E-state index in [0.29, 0.717) is 28.7 Å². The molecule has 3 heterocycles. The van der Waals surface area contributed by atoms with E-state index in [1.54, 1.807) is 52.8 Å². The number of carbonyl (C=O) groups is 1. The van der Waals surface area contributed by atoms with Gasteiger partial charge in [-0.2, -0.15) is 0 Å². The molecule has 0 fully saturated rings. The number of benzene rings is 1. The number of ketones is 1. The first-order valence-electron chi connectivity index (χ1n) is 10.9. The molecule has 170 valence electrons. The molecule has 0 N–H and O–H groups in total. The summed E-state index contributed by atoms with van der Waals surface area (Å²) in [5.74, 6) is -0.245. The fraction of sp³-hybridized carbons (Fsp3) is 0.269. The maximum Gasteiger partial charge on any atom is 0.268 e. The number of hydrogen-bond donors (Lipinski definition) is 0. The van der Waals surface area contributed by atoms with Crippen LogP contribution in [0.5, 0.6) is 5.75 Å². The van der Waals surface area contributed by atoms with Crippen molar-refractivity contribution in [3.63, 3.8) is 0 Å². The predicted molar refractivity (Wildman–Crippen MR) is 126 cm³/mol. The lowest BCUT2D eigenvalue weighted by Gasteiger charge is -2.14. The monoisotopic (exact) mass is 447 g/mol. The Morgan fingerprint density at radius 3 is 2.39 bits per heavy atom. The summed E-state index contributed by atoms with van der Waals surface area (Å²) in [4.78, 5) is 31.2. The van der Waals surface area contributed by atoms with Gasteiger partial charge in [-0.05, 0) is 68.3 Å². The van der Waals surface area contributed by atoms with Gasteiger partial charge in [-0.1, -0.05) is 6.92 Å². The van der Waals surface area contributed by atoms with Crippen molar-refractivity contribution in [2.75, 3.05) is 0 Å². The van der Waals surface area contributed by atoms with Crippen molar-refractivity contribution < 1.29 is 13.9 Å². The molecule has 0 unspecified atom stereocenters. The number of hydrogen-bond acceptors (Lipinski definition) is 4. The van der Waals surface area contributed by atoms with Gasteiger partial charge in [-0.15, -0.1) is 0 Å². The third-order valence-electron chi connectivity index (χ3n) is 5.58. The first-order chi connectivity index (χ1) is 15.8. The van der Waals surface area contributed by atoms with Crippen molar-refractivity contribution in [2.24, 2.45) is 7.05 Å². The van der Waals surface area contributed by atoms with E-state index in [-0.39, 0.29) is 35.4 Å². The minimum Gasteiger partial charge on any atom is -0.488 e. The Bertz CT molecular complexity index is 1370. The first kappa shape index (κ1) is 22.5. The highest BCUT2D eigenvalue weighted by atomic mass is 19.1. The lowest BCUT2D eigenvalue weighted by molar-refractivity contribution is 0.0979. The van der Waals surface area contributed by atoms with Crippen LogP contribution >= 0.6 is 0 Å². The van der Waals surface area contributed by atoms with E-state index >= 15 is 0 Å². The third kappa shape index (κ3) is 4.18. The number of fused-ring (bicyclic) bond motifs is 1. The minimum atomic E-state index is -0.376. The molecule has 0 aliphatic rings. The van der Waals surface area contributed by atoms with E-state index < -0.39 is 0 Å². The maximum atomic E-state index is 13.8. The van der Waals surface area contributed by atoms with Gasteiger partial charge in [0.15, 0.2) is 11.5 Å². The van der Waals surface area contributed by atoms with Gasteiger partial charge in [0.2, 0.25) is 0 Å². The molecule has 1 aromatic carbocycles.